The molecule has 1 atom stereocenters. The van der Waals surface area contributed by atoms with Crippen LogP contribution in [-0.4, -0.2) is 50.2 Å². The van der Waals surface area contributed by atoms with Crippen LogP contribution in [-0.2, 0) is 19.6 Å². The Bertz CT molecular complexity index is 747. The van der Waals surface area contributed by atoms with E-state index in [9.17, 15) is 17.6 Å². The summed E-state index contributed by atoms with van der Waals surface area (Å²) in [6, 6.07) is 4.38. The molecule has 2 heterocycles. The third-order valence-electron chi connectivity index (χ3n) is 4.90. The van der Waals surface area contributed by atoms with Crippen molar-refractivity contribution in [3.05, 3.63) is 29.6 Å². The number of hydrogen-bond acceptors (Lipinski definition) is 4. The van der Waals surface area contributed by atoms with E-state index in [0.29, 0.717) is 50.3 Å². The predicted octanol–water partition coefficient (Wildman–Crippen LogP) is 1.90. The zero-order valence-electron chi connectivity index (χ0n) is 14.2. The van der Waals surface area contributed by atoms with Gasteiger partial charge in [0.25, 0.3) is 0 Å². The summed E-state index contributed by atoms with van der Waals surface area (Å²) in [6.45, 7) is 3.12. The van der Waals surface area contributed by atoms with Gasteiger partial charge in [-0.05, 0) is 49.9 Å². The maximum Gasteiger partial charge on any atom is 0.228 e. The molecule has 2 fully saturated rings. The number of anilines is 1. The zero-order chi connectivity index (χ0) is 18.0. The number of nitrogens with zero attached hydrogens (tertiary/aromatic N) is 1. The average Bonchev–Trinajstić information content (AvgIpc) is 3.10. The predicted molar refractivity (Wildman–Crippen MR) is 92.2 cm³/mol. The molecule has 0 bridgehead atoms. The third-order valence-corrected chi connectivity index (χ3v) is 7.26. The molecule has 2 aliphatic rings. The molecule has 0 spiro atoms. The summed E-state index contributed by atoms with van der Waals surface area (Å²) in [4.78, 5) is 12.4. The van der Waals surface area contributed by atoms with Gasteiger partial charge < -0.3 is 10.1 Å². The first-order valence-electron chi connectivity index (χ1n) is 8.51. The second-order valence-electron chi connectivity index (χ2n) is 6.65. The summed E-state index contributed by atoms with van der Waals surface area (Å²) in [5.74, 6) is -0.941. The second kappa shape index (κ2) is 7.39. The summed E-state index contributed by atoms with van der Waals surface area (Å²) in [5, 5.41) is 2.34. The summed E-state index contributed by atoms with van der Waals surface area (Å²) in [6.07, 6.45) is 1.50. The molecule has 0 aliphatic carbocycles. The van der Waals surface area contributed by atoms with Crippen LogP contribution in [0.15, 0.2) is 18.2 Å². The average molecular weight is 370 g/mol. The fourth-order valence-electron chi connectivity index (χ4n) is 3.32. The molecule has 6 nitrogen and oxygen atoms in total. The van der Waals surface area contributed by atoms with Crippen LogP contribution in [0.25, 0.3) is 0 Å². The molecule has 1 amide bonds. The van der Waals surface area contributed by atoms with E-state index in [1.54, 1.807) is 13.0 Å². The molecule has 1 aromatic carbocycles. The number of rotatable bonds is 4. The largest absolute Gasteiger partial charge is 0.381 e. The number of hydrogen-bond donors (Lipinski definition) is 1. The lowest BCUT2D eigenvalue weighted by atomic mass is 10.1. The van der Waals surface area contributed by atoms with Gasteiger partial charge >= 0.3 is 0 Å². The summed E-state index contributed by atoms with van der Waals surface area (Å²) < 4.78 is 45.3. The molecule has 8 heteroatoms. The van der Waals surface area contributed by atoms with Gasteiger partial charge in [0.05, 0.1) is 11.2 Å². The molecule has 0 saturated carbocycles. The fourth-order valence-corrected chi connectivity index (χ4v) is 5.28. The normalized spacial score (nSPS) is 22.9. The molecule has 138 valence electrons. The van der Waals surface area contributed by atoms with Crippen LogP contribution in [0.5, 0.6) is 0 Å². The van der Waals surface area contributed by atoms with Crippen molar-refractivity contribution in [2.75, 3.05) is 31.6 Å². The lowest BCUT2D eigenvalue weighted by Crippen LogP contribution is -2.40. The molecule has 0 radical (unpaired) electrons. The molecule has 3 rings (SSSR count). The van der Waals surface area contributed by atoms with Crippen LogP contribution in [0.3, 0.4) is 0 Å². The van der Waals surface area contributed by atoms with E-state index < -0.39 is 15.3 Å². The highest BCUT2D eigenvalue weighted by Crippen LogP contribution is 2.27. The molecule has 1 unspecified atom stereocenters. The van der Waals surface area contributed by atoms with Gasteiger partial charge in [-0.3, -0.25) is 4.79 Å². The molecule has 2 saturated heterocycles. The monoisotopic (exact) mass is 370 g/mol. The molecular weight excluding hydrogens is 347 g/mol. The minimum absolute atomic E-state index is 0.200. The van der Waals surface area contributed by atoms with Crippen molar-refractivity contribution < 1.29 is 22.3 Å². The number of ether oxygens (including phenoxy) is 1. The van der Waals surface area contributed by atoms with E-state index in [1.165, 1.54) is 16.4 Å². The summed E-state index contributed by atoms with van der Waals surface area (Å²) in [5.41, 5.74) is 0.975. The zero-order valence-corrected chi connectivity index (χ0v) is 15.0. The standard InChI is InChI=1S/C17H23FN2O4S/c1-12-10-14(2-3-16(12)18)19-17(21)13-4-7-20(11-13)25(22,23)15-5-8-24-9-6-15/h2-3,10,13,15H,4-9,11H2,1H3,(H,19,21). The maximum atomic E-state index is 13.3. The van der Waals surface area contributed by atoms with Crippen molar-refractivity contribution in [3.63, 3.8) is 0 Å². The number of amides is 1. The first-order chi connectivity index (χ1) is 11.9. The molecule has 25 heavy (non-hydrogen) atoms. The van der Waals surface area contributed by atoms with Gasteiger partial charge in [-0.2, -0.15) is 0 Å². The van der Waals surface area contributed by atoms with Crippen molar-refractivity contribution >= 4 is 21.6 Å². The molecular formula is C17H23FN2O4S. The first kappa shape index (κ1) is 18.3. The van der Waals surface area contributed by atoms with Crippen molar-refractivity contribution in [1.82, 2.24) is 4.31 Å². The number of halogens is 1. The van der Waals surface area contributed by atoms with Crippen LogP contribution in [0.2, 0.25) is 0 Å². The van der Waals surface area contributed by atoms with Gasteiger partial charge in [0.2, 0.25) is 15.9 Å². The van der Waals surface area contributed by atoms with Crippen LogP contribution in [0.1, 0.15) is 24.8 Å². The number of carbonyl (C=O) groups is 1. The smallest absolute Gasteiger partial charge is 0.228 e. The SMILES string of the molecule is Cc1cc(NC(=O)C2CCN(S(=O)(=O)C3CCOCC3)C2)ccc1F. The Morgan fingerprint density at radius 2 is 2.00 bits per heavy atom. The first-order valence-corrected chi connectivity index (χ1v) is 10.0. The topological polar surface area (TPSA) is 75.7 Å². The Hall–Kier alpha value is -1.51. The Morgan fingerprint density at radius 3 is 2.68 bits per heavy atom. The third kappa shape index (κ3) is 4.02. The summed E-state index contributed by atoms with van der Waals surface area (Å²) in [7, 11) is -3.39. The van der Waals surface area contributed by atoms with Crippen molar-refractivity contribution in [2.45, 2.75) is 31.4 Å². The Morgan fingerprint density at radius 1 is 1.28 bits per heavy atom. The number of carbonyl (C=O) groups excluding carboxylic acids is 1. The van der Waals surface area contributed by atoms with Gasteiger partial charge in [0.1, 0.15) is 5.82 Å². The second-order valence-corrected chi connectivity index (χ2v) is 8.87. The van der Waals surface area contributed by atoms with Gasteiger partial charge in [0, 0.05) is 32.0 Å². The quantitative estimate of drug-likeness (QED) is 0.878. The van der Waals surface area contributed by atoms with E-state index >= 15 is 0 Å². The van der Waals surface area contributed by atoms with E-state index in [0.717, 1.165) is 0 Å². The fraction of sp³-hybridized carbons (Fsp3) is 0.588. The van der Waals surface area contributed by atoms with Crippen LogP contribution >= 0.6 is 0 Å². The van der Waals surface area contributed by atoms with Gasteiger partial charge in [-0.25, -0.2) is 17.1 Å². The Labute approximate surface area is 147 Å². The highest BCUT2D eigenvalue weighted by atomic mass is 32.2. The van der Waals surface area contributed by atoms with Crippen LogP contribution < -0.4 is 5.32 Å². The maximum absolute atomic E-state index is 13.3. The number of nitrogens with one attached hydrogen (secondary N) is 1. The Kier molecular flexibility index (Phi) is 5.41. The van der Waals surface area contributed by atoms with E-state index in [4.69, 9.17) is 4.74 Å². The van der Waals surface area contributed by atoms with Crippen molar-refractivity contribution in [3.8, 4) is 0 Å². The molecule has 2 aliphatic heterocycles. The van der Waals surface area contributed by atoms with Gasteiger partial charge in [-0.15, -0.1) is 0 Å². The highest BCUT2D eigenvalue weighted by Gasteiger charge is 2.39. The molecule has 1 aromatic rings. The van der Waals surface area contributed by atoms with Crippen molar-refractivity contribution in [1.29, 1.82) is 0 Å². The lowest BCUT2D eigenvalue weighted by molar-refractivity contribution is -0.119. The van der Waals surface area contributed by atoms with E-state index in [-0.39, 0.29) is 24.2 Å². The van der Waals surface area contributed by atoms with Crippen LogP contribution in [0, 0.1) is 18.7 Å². The Balaban J connectivity index is 1.61. The van der Waals surface area contributed by atoms with Crippen molar-refractivity contribution in [2.24, 2.45) is 5.92 Å². The van der Waals surface area contributed by atoms with E-state index in [2.05, 4.69) is 5.32 Å². The lowest BCUT2D eigenvalue weighted by Gasteiger charge is -2.27. The number of aryl methyl sites for hydroxylation is 1. The van der Waals surface area contributed by atoms with Gasteiger partial charge in [0.15, 0.2) is 0 Å². The minimum Gasteiger partial charge on any atom is -0.381 e. The number of benzene rings is 1. The summed E-state index contributed by atoms with van der Waals surface area (Å²) >= 11 is 0. The molecule has 0 aromatic heterocycles. The van der Waals surface area contributed by atoms with E-state index in [1.807, 2.05) is 0 Å². The van der Waals surface area contributed by atoms with Crippen LogP contribution in [0.4, 0.5) is 10.1 Å². The van der Waals surface area contributed by atoms with Gasteiger partial charge in [-0.1, -0.05) is 0 Å². The number of sulfonamides is 1. The highest BCUT2D eigenvalue weighted by molar-refractivity contribution is 7.89. The minimum atomic E-state index is -3.39. The molecule has 1 N–H and O–H groups in total.